The molecule has 2 heterocycles. The average molecular weight is 309 g/mol. The molecule has 0 saturated carbocycles. The average Bonchev–Trinajstić information content (AvgIpc) is 2.80. The Morgan fingerprint density at radius 2 is 1.89 bits per heavy atom. The lowest BCUT2D eigenvalue weighted by Gasteiger charge is -2.14. The summed E-state index contributed by atoms with van der Waals surface area (Å²) in [4.78, 5) is 25.4. The van der Waals surface area contributed by atoms with E-state index < -0.39 is 5.69 Å². The van der Waals surface area contributed by atoms with E-state index in [1.165, 1.54) is 16.6 Å². The van der Waals surface area contributed by atoms with Crippen LogP contribution in [0.2, 0.25) is 0 Å². The molecule has 0 spiro atoms. The molecular formula is C11H9BrN4O2. The summed E-state index contributed by atoms with van der Waals surface area (Å²) in [6.45, 7) is 0.316. The van der Waals surface area contributed by atoms with Gasteiger partial charge >= 0.3 is 11.7 Å². The first-order chi connectivity index (χ1) is 8.58. The summed E-state index contributed by atoms with van der Waals surface area (Å²) >= 11 is 3.34. The number of hydrogen-bond donors (Lipinski definition) is 0. The van der Waals surface area contributed by atoms with Gasteiger partial charge in [0.25, 0.3) is 0 Å². The van der Waals surface area contributed by atoms with Crippen molar-refractivity contribution in [1.29, 1.82) is 0 Å². The number of aryl methyl sites for hydroxylation is 1. The van der Waals surface area contributed by atoms with Crippen molar-refractivity contribution in [3.63, 3.8) is 0 Å². The zero-order valence-electron chi connectivity index (χ0n) is 9.50. The number of halogens is 1. The molecule has 92 valence electrons. The van der Waals surface area contributed by atoms with Gasteiger partial charge in [0, 0.05) is 17.2 Å². The number of fused-ring (bicyclic) bond motifs is 1. The van der Waals surface area contributed by atoms with E-state index >= 15 is 0 Å². The number of carbonyl (C=O) groups excluding carboxylic acids is 1. The van der Waals surface area contributed by atoms with Crippen LogP contribution in [0.1, 0.15) is 5.82 Å². The Kier molecular flexibility index (Phi) is 2.37. The van der Waals surface area contributed by atoms with Crippen LogP contribution in [-0.4, -0.2) is 20.4 Å². The molecule has 2 aromatic rings. The van der Waals surface area contributed by atoms with E-state index in [1.54, 1.807) is 0 Å². The van der Waals surface area contributed by atoms with Crippen LogP contribution in [0.5, 0.6) is 0 Å². The number of amides is 1. The zero-order valence-corrected chi connectivity index (χ0v) is 11.1. The summed E-state index contributed by atoms with van der Waals surface area (Å²) < 4.78 is 3.21. The minimum Gasteiger partial charge on any atom is -0.286 e. The normalized spacial score (nSPS) is 14.1. The number of nitrogens with zero attached hydrogens (tertiary/aromatic N) is 4. The van der Waals surface area contributed by atoms with Crippen LogP contribution in [0.3, 0.4) is 0 Å². The molecule has 0 aliphatic carbocycles. The standard InChI is InChI=1S/C11H9BrN4O2/c1-14-10(17)16-9(13-14)6-15(11(16)18)8-4-2-7(12)3-5-8/h2-5H,6H2,1H3. The molecule has 0 atom stereocenters. The van der Waals surface area contributed by atoms with Gasteiger partial charge in [-0.3, -0.25) is 4.90 Å². The lowest BCUT2D eigenvalue weighted by Crippen LogP contribution is -2.33. The van der Waals surface area contributed by atoms with Crippen molar-refractivity contribution >= 4 is 27.6 Å². The van der Waals surface area contributed by atoms with Gasteiger partial charge in [-0.1, -0.05) is 15.9 Å². The highest BCUT2D eigenvalue weighted by molar-refractivity contribution is 9.10. The molecule has 0 N–H and O–H groups in total. The van der Waals surface area contributed by atoms with E-state index in [9.17, 15) is 9.59 Å². The van der Waals surface area contributed by atoms with Crippen molar-refractivity contribution in [2.24, 2.45) is 7.05 Å². The predicted octanol–water partition coefficient (Wildman–Crippen LogP) is 1.33. The van der Waals surface area contributed by atoms with Gasteiger partial charge in [-0.2, -0.15) is 9.67 Å². The Balaban J connectivity index is 2.03. The number of benzene rings is 1. The monoisotopic (exact) mass is 308 g/mol. The van der Waals surface area contributed by atoms with Crippen molar-refractivity contribution in [2.75, 3.05) is 4.90 Å². The number of rotatable bonds is 1. The molecule has 0 unspecified atom stereocenters. The number of hydrogen-bond acceptors (Lipinski definition) is 3. The lowest BCUT2D eigenvalue weighted by molar-refractivity contribution is 0.250. The van der Waals surface area contributed by atoms with E-state index in [0.29, 0.717) is 12.4 Å². The molecule has 1 aromatic heterocycles. The van der Waals surface area contributed by atoms with Crippen LogP contribution in [0, 0.1) is 0 Å². The van der Waals surface area contributed by atoms with E-state index in [2.05, 4.69) is 21.0 Å². The fourth-order valence-electron chi connectivity index (χ4n) is 1.96. The fourth-order valence-corrected chi connectivity index (χ4v) is 2.23. The highest BCUT2D eigenvalue weighted by Gasteiger charge is 2.32. The summed E-state index contributed by atoms with van der Waals surface area (Å²) in [5.41, 5.74) is 0.338. The maximum Gasteiger partial charge on any atom is 0.354 e. The largest absolute Gasteiger partial charge is 0.354 e. The summed E-state index contributed by atoms with van der Waals surface area (Å²) in [5, 5.41) is 4.03. The molecule has 0 bridgehead atoms. The highest BCUT2D eigenvalue weighted by Crippen LogP contribution is 2.23. The fraction of sp³-hybridized carbons (Fsp3) is 0.182. The summed E-state index contributed by atoms with van der Waals surface area (Å²) in [6, 6.07) is 6.98. The SMILES string of the molecule is Cn1nc2n(c1=O)C(=O)N(c1ccc(Br)cc1)C2. The molecule has 18 heavy (non-hydrogen) atoms. The van der Waals surface area contributed by atoms with Crippen molar-refractivity contribution in [1.82, 2.24) is 14.3 Å². The second-order valence-corrected chi connectivity index (χ2v) is 4.92. The topological polar surface area (TPSA) is 60.1 Å². The minimum atomic E-state index is -0.408. The van der Waals surface area contributed by atoms with Gasteiger partial charge in [-0.15, -0.1) is 0 Å². The number of aromatic nitrogens is 3. The van der Waals surface area contributed by atoms with Gasteiger partial charge < -0.3 is 0 Å². The van der Waals surface area contributed by atoms with Gasteiger partial charge in [0.2, 0.25) is 0 Å². The van der Waals surface area contributed by atoms with Crippen LogP contribution < -0.4 is 10.6 Å². The second kappa shape index (κ2) is 3.81. The van der Waals surface area contributed by atoms with Crippen molar-refractivity contribution in [3.8, 4) is 0 Å². The Labute approximate surface area is 111 Å². The van der Waals surface area contributed by atoms with Crippen molar-refractivity contribution < 1.29 is 4.79 Å². The lowest BCUT2D eigenvalue weighted by atomic mass is 10.3. The maximum absolute atomic E-state index is 12.1. The van der Waals surface area contributed by atoms with Gasteiger partial charge in [0.15, 0.2) is 5.82 Å². The van der Waals surface area contributed by atoms with Crippen LogP contribution in [-0.2, 0) is 13.6 Å². The first-order valence-electron chi connectivity index (χ1n) is 5.30. The first kappa shape index (κ1) is 11.2. The van der Waals surface area contributed by atoms with Crippen molar-refractivity contribution in [2.45, 2.75) is 6.54 Å². The van der Waals surface area contributed by atoms with Crippen LogP contribution in [0.15, 0.2) is 33.5 Å². The molecule has 1 aliphatic heterocycles. The molecule has 0 fully saturated rings. The van der Waals surface area contributed by atoms with E-state index in [0.717, 1.165) is 14.7 Å². The first-order valence-corrected chi connectivity index (χ1v) is 6.09. The quantitative estimate of drug-likeness (QED) is 0.798. The van der Waals surface area contributed by atoms with Gasteiger partial charge in [-0.25, -0.2) is 14.3 Å². The molecule has 0 saturated heterocycles. The molecule has 1 aliphatic rings. The van der Waals surface area contributed by atoms with E-state index in [1.807, 2.05) is 24.3 Å². The summed E-state index contributed by atoms with van der Waals surface area (Å²) in [7, 11) is 1.53. The molecule has 0 radical (unpaired) electrons. The van der Waals surface area contributed by atoms with Gasteiger partial charge in [0.05, 0.1) is 6.54 Å². The minimum absolute atomic E-state index is 0.316. The molecule has 1 aromatic carbocycles. The zero-order chi connectivity index (χ0) is 12.9. The third kappa shape index (κ3) is 1.51. The Bertz CT molecular complexity index is 686. The molecule has 1 amide bonds. The van der Waals surface area contributed by atoms with Crippen LogP contribution >= 0.6 is 15.9 Å². The van der Waals surface area contributed by atoms with Gasteiger partial charge in [0.1, 0.15) is 0 Å². The summed E-state index contributed by atoms with van der Waals surface area (Å²) in [6.07, 6.45) is 0. The second-order valence-electron chi connectivity index (χ2n) is 4.00. The van der Waals surface area contributed by atoms with Crippen molar-refractivity contribution in [3.05, 3.63) is 45.0 Å². The number of anilines is 1. The smallest absolute Gasteiger partial charge is 0.286 e. The third-order valence-corrected chi connectivity index (χ3v) is 3.38. The Morgan fingerprint density at radius 3 is 2.50 bits per heavy atom. The van der Waals surface area contributed by atoms with Crippen LogP contribution in [0.25, 0.3) is 0 Å². The van der Waals surface area contributed by atoms with Crippen LogP contribution in [0.4, 0.5) is 10.5 Å². The summed E-state index contributed by atoms with van der Waals surface area (Å²) in [5.74, 6) is 0.468. The van der Waals surface area contributed by atoms with E-state index in [-0.39, 0.29) is 6.03 Å². The Morgan fingerprint density at radius 1 is 1.22 bits per heavy atom. The highest BCUT2D eigenvalue weighted by atomic mass is 79.9. The predicted molar refractivity (Wildman–Crippen MR) is 68.6 cm³/mol. The maximum atomic E-state index is 12.1. The number of carbonyl (C=O) groups is 1. The molecule has 7 heteroatoms. The van der Waals surface area contributed by atoms with E-state index in [4.69, 9.17) is 0 Å². The molecule has 6 nitrogen and oxygen atoms in total. The Hall–Kier alpha value is -1.89. The molecule has 3 rings (SSSR count). The third-order valence-electron chi connectivity index (χ3n) is 2.85. The molecular weight excluding hydrogens is 300 g/mol. The van der Waals surface area contributed by atoms with Gasteiger partial charge in [-0.05, 0) is 24.3 Å².